The first-order chi connectivity index (χ1) is 18.2. The first-order valence-electron chi connectivity index (χ1n) is 11.9. The number of aliphatic hydroxyl groups is 1. The van der Waals surface area contributed by atoms with Crippen molar-refractivity contribution < 1.29 is 27.2 Å². The summed E-state index contributed by atoms with van der Waals surface area (Å²) in [5, 5.41) is 28.2. The number of carbonyl (C=O) groups excluding carboxylic acids is 1. The zero-order valence-electron chi connectivity index (χ0n) is 20.1. The maximum atomic E-state index is 13.6. The van der Waals surface area contributed by atoms with Gasteiger partial charge in [0, 0.05) is 23.7 Å². The molecule has 0 amide bonds. The second-order valence-corrected chi connectivity index (χ2v) is 11.5. The van der Waals surface area contributed by atoms with Crippen molar-refractivity contribution in [3.8, 4) is 6.07 Å². The number of nitrogens with two attached hydrogens (primary N) is 1. The number of aromatic nitrogens is 2. The Morgan fingerprint density at radius 2 is 2.13 bits per heavy atom. The Labute approximate surface area is 223 Å². The number of hydrogen-bond donors (Lipinski definition) is 3. The summed E-state index contributed by atoms with van der Waals surface area (Å²) in [6.07, 6.45) is 2.93. The van der Waals surface area contributed by atoms with Crippen LogP contribution >= 0.6 is 11.3 Å². The van der Waals surface area contributed by atoms with Crippen molar-refractivity contribution in [3.05, 3.63) is 74.9 Å². The third-order valence-electron chi connectivity index (χ3n) is 6.76. The Kier molecular flexibility index (Phi) is 7.53. The van der Waals surface area contributed by atoms with E-state index < -0.39 is 28.4 Å². The maximum absolute atomic E-state index is 13.6. The highest BCUT2D eigenvalue weighted by Gasteiger charge is 2.35. The van der Waals surface area contributed by atoms with Gasteiger partial charge in [-0.1, -0.05) is 24.3 Å². The molecule has 4 atom stereocenters. The van der Waals surface area contributed by atoms with Crippen molar-refractivity contribution in [1.29, 1.82) is 5.26 Å². The summed E-state index contributed by atoms with van der Waals surface area (Å²) in [6, 6.07) is 11.5. The molecule has 2 aromatic heterocycles. The second kappa shape index (κ2) is 10.9. The van der Waals surface area contributed by atoms with Gasteiger partial charge >= 0.3 is 10.3 Å². The highest BCUT2D eigenvalue weighted by atomic mass is 32.2. The van der Waals surface area contributed by atoms with E-state index in [0.717, 1.165) is 28.9 Å². The molecule has 1 aliphatic carbocycles. The molecule has 2 aliphatic rings. The van der Waals surface area contributed by atoms with E-state index in [1.54, 1.807) is 6.07 Å². The van der Waals surface area contributed by atoms with E-state index in [2.05, 4.69) is 25.5 Å². The summed E-state index contributed by atoms with van der Waals surface area (Å²) < 4.78 is 32.9. The Balaban J connectivity index is 1.37. The topological polar surface area (TPSA) is 178 Å². The number of benzene rings is 1. The molecule has 1 saturated carbocycles. The molecule has 3 heterocycles. The largest absolute Gasteiger partial charge is 0.393 e. The van der Waals surface area contributed by atoms with Crippen LogP contribution in [-0.4, -0.2) is 54.6 Å². The Bertz CT molecular complexity index is 1500. The lowest BCUT2D eigenvalue weighted by Gasteiger charge is -2.25. The standard InChI is InChI=1S/C25H25N5O6S2/c26-10-22-18(24-17-4-2-1-3-14(17)5-6-35-24)9-21(37-22)23(32)19-11-28-13-29-25(19)30-16-7-15(20(31)8-16)12-36-38(27,33)34/h1-4,9,11,13,15-16,20,24,31H,5-8,12H2,(H2,27,33,34)(H,28,29,30)/t15-,16-,20+,24?/m1/s1. The summed E-state index contributed by atoms with van der Waals surface area (Å²) in [5.74, 6) is -0.524. The minimum Gasteiger partial charge on any atom is -0.393 e. The Morgan fingerprint density at radius 3 is 2.92 bits per heavy atom. The Morgan fingerprint density at radius 1 is 1.32 bits per heavy atom. The minimum absolute atomic E-state index is 0.216. The van der Waals surface area contributed by atoms with Crippen LogP contribution in [0, 0.1) is 17.2 Å². The number of rotatable bonds is 8. The van der Waals surface area contributed by atoms with Gasteiger partial charge in [-0.05, 0) is 36.5 Å². The fraction of sp³-hybridized carbons (Fsp3) is 0.360. The molecule has 0 saturated heterocycles. The number of ketones is 1. The first kappa shape index (κ1) is 26.4. The minimum atomic E-state index is -4.12. The zero-order valence-corrected chi connectivity index (χ0v) is 21.7. The van der Waals surface area contributed by atoms with Crippen LogP contribution in [0.2, 0.25) is 0 Å². The molecule has 1 aliphatic heterocycles. The monoisotopic (exact) mass is 555 g/mol. The molecule has 5 rings (SSSR count). The van der Waals surface area contributed by atoms with E-state index in [1.165, 1.54) is 12.5 Å². The van der Waals surface area contributed by atoms with Crippen LogP contribution in [0.5, 0.6) is 0 Å². The van der Waals surface area contributed by atoms with Crippen molar-refractivity contribution in [3.63, 3.8) is 0 Å². The van der Waals surface area contributed by atoms with Gasteiger partial charge < -0.3 is 15.2 Å². The van der Waals surface area contributed by atoms with Crippen LogP contribution in [0.25, 0.3) is 0 Å². The van der Waals surface area contributed by atoms with Gasteiger partial charge in [0.25, 0.3) is 0 Å². The van der Waals surface area contributed by atoms with Crippen LogP contribution in [-0.2, 0) is 25.6 Å². The highest BCUT2D eigenvalue weighted by molar-refractivity contribution is 7.84. The molecule has 4 N–H and O–H groups in total. The number of ether oxygens (including phenoxy) is 1. The molecular weight excluding hydrogens is 530 g/mol. The number of carbonyl (C=O) groups is 1. The van der Waals surface area contributed by atoms with Gasteiger partial charge in [0.05, 0.1) is 29.8 Å². The van der Waals surface area contributed by atoms with Gasteiger partial charge in [0.2, 0.25) is 5.78 Å². The molecule has 0 spiro atoms. The van der Waals surface area contributed by atoms with Crippen molar-refractivity contribution in [2.75, 3.05) is 18.5 Å². The number of nitrogens with zero attached hydrogens (tertiary/aromatic N) is 3. The second-order valence-electron chi connectivity index (χ2n) is 9.24. The van der Waals surface area contributed by atoms with Gasteiger partial charge in [0.15, 0.2) is 0 Å². The summed E-state index contributed by atoms with van der Waals surface area (Å²) >= 11 is 1.09. The average molecular weight is 556 g/mol. The average Bonchev–Trinajstić information content (AvgIpc) is 3.49. The third-order valence-corrected chi connectivity index (χ3v) is 8.28. The smallest absolute Gasteiger partial charge is 0.333 e. The Hall–Kier alpha value is -3.25. The van der Waals surface area contributed by atoms with Crippen molar-refractivity contribution in [2.45, 2.75) is 37.5 Å². The van der Waals surface area contributed by atoms with E-state index >= 15 is 0 Å². The molecule has 0 radical (unpaired) electrons. The molecule has 1 unspecified atom stereocenters. The van der Waals surface area contributed by atoms with Gasteiger partial charge in [-0.2, -0.15) is 13.7 Å². The number of nitriles is 1. The van der Waals surface area contributed by atoms with E-state index in [4.69, 9.17) is 9.88 Å². The SMILES string of the molecule is N#Cc1sc(C(=O)c2cncnc2N[C@@H]2C[C@H](COS(N)(=O)=O)[C@@H](O)C2)cc1C1OCCc2ccccc21. The summed E-state index contributed by atoms with van der Waals surface area (Å²) in [4.78, 5) is 22.6. The zero-order chi connectivity index (χ0) is 26.9. The molecule has 3 aromatic rings. The molecule has 11 nitrogen and oxygen atoms in total. The molecule has 1 aromatic carbocycles. The molecule has 0 bridgehead atoms. The molecule has 38 heavy (non-hydrogen) atoms. The van der Waals surface area contributed by atoms with Gasteiger partial charge in [-0.25, -0.2) is 15.1 Å². The quantitative estimate of drug-likeness (QED) is 0.349. The van der Waals surface area contributed by atoms with Crippen LogP contribution in [0.4, 0.5) is 5.82 Å². The third kappa shape index (κ3) is 5.60. The lowest BCUT2D eigenvalue weighted by molar-refractivity contribution is 0.0699. The predicted molar refractivity (Wildman–Crippen MR) is 138 cm³/mol. The lowest BCUT2D eigenvalue weighted by atomic mass is 9.93. The number of nitrogens with one attached hydrogen (secondary N) is 1. The summed E-state index contributed by atoms with van der Waals surface area (Å²) in [6.45, 7) is 0.276. The van der Waals surface area contributed by atoms with E-state index in [0.29, 0.717) is 34.8 Å². The lowest BCUT2D eigenvalue weighted by Crippen LogP contribution is -2.24. The number of hydrogen-bond acceptors (Lipinski definition) is 11. The normalized spacial score (nSPS) is 23.0. The van der Waals surface area contributed by atoms with Crippen LogP contribution in [0.15, 0.2) is 42.9 Å². The van der Waals surface area contributed by atoms with Crippen molar-refractivity contribution in [2.24, 2.45) is 11.1 Å². The molecule has 13 heteroatoms. The summed E-state index contributed by atoms with van der Waals surface area (Å²) in [5.41, 5.74) is 3.00. The van der Waals surface area contributed by atoms with E-state index in [-0.39, 0.29) is 29.8 Å². The summed E-state index contributed by atoms with van der Waals surface area (Å²) in [7, 11) is -4.12. The fourth-order valence-electron chi connectivity index (χ4n) is 4.97. The predicted octanol–water partition coefficient (Wildman–Crippen LogP) is 2.07. The number of aliphatic hydroxyl groups excluding tert-OH is 1. The maximum Gasteiger partial charge on any atom is 0.333 e. The highest BCUT2D eigenvalue weighted by Crippen LogP contribution is 2.38. The van der Waals surface area contributed by atoms with Crippen LogP contribution in [0.1, 0.15) is 55.7 Å². The number of fused-ring (bicyclic) bond motifs is 1. The van der Waals surface area contributed by atoms with Gasteiger partial charge in [-0.15, -0.1) is 11.3 Å². The van der Waals surface area contributed by atoms with Crippen LogP contribution < -0.4 is 10.5 Å². The number of anilines is 1. The molecular formula is C25H25N5O6S2. The molecule has 1 fully saturated rings. The van der Waals surface area contributed by atoms with Crippen molar-refractivity contribution in [1.82, 2.24) is 9.97 Å². The van der Waals surface area contributed by atoms with E-state index in [9.17, 15) is 23.6 Å². The van der Waals surface area contributed by atoms with E-state index in [1.807, 2.05) is 24.3 Å². The molecule has 198 valence electrons. The van der Waals surface area contributed by atoms with Gasteiger partial charge in [0.1, 0.15) is 29.2 Å². The first-order valence-corrected chi connectivity index (χ1v) is 14.2. The van der Waals surface area contributed by atoms with Crippen molar-refractivity contribution >= 4 is 33.2 Å². The fourth-order valence-corrected chi connectivity index (χ4v) is 6.27. The van der Waals surface area contributed by atoms with Crippen LogP contribution in [0.3, 0.4) is 0 Å². The van der Waals surface area contributed by atoms with Gasteiger partial charge in [-0.3, -0.25) is 8.98 Å². The number of thiophene rings is 1.